The number of halogens is 1. The maximum atomic E-state index is 6.14. The Balaban J connectivity index is 1.72. The number of nitrogens with zero attached hydrogens (tertiary/aromatic N) is 1. The van der Waals surface area contributed by atoms with E-state index in [0.717, 1.165) is 38.8 Å². The number of hydrogen-bond donors (Lipinski definition) is 2. The van der Waals surface area contributed by atoms with Crippen LogP contribution in [0.4, 0.5) is 11.6 Å². The van der Waals surface area contributed by atoms with Crippen LogP contribution < -0.4 is 14.8 Å². The Kier molecular flexibility index (Phi) is 3.08. The molecule has 1 aromatic heterocycles. The van der Waals surface area contributed by atoms with Crippen LogP contribution in [0.25, 0.3) is 11.0 Å². The van der Waals surface area contributed by atoms with Gasteiger partial charge in [0, 0.05) is 22.8 Å². The number of ether oxygens (including phenoxy) is 2. The van der Waals surface area contributed by atoms with E-state index in [-0.39, 0.29) is 0 Å². The second-order valence-electron chi connectivity index (χ2n) is 5.14. The van der Waals surface area contributed by atoms with Gasteiger partial charge in [-0.15, -0.1) is 0 Å². The van der Waals surface area contributed by atoms with Crippen LogP contribution in [0.1, 0.15) is 5.56 Å². The summed E-state index contributed by atoms with van der Waals surface area (Å²) in [6.07, 6.45) is 0. The fourth-order valence-corrected chi connectivity index (χ4v) is 2.65. The maximum absolute atomic E-state index is 6.14. The molecule has 0 saturated carbocycles. The average Bonchev–Trinajstić information content (AvgIpc) is 2.90. The van der Waals surface area contributed by atoms with Gasteiger partial charge >= 0.3 is 0 Å². The van der Waals surface area contributed by atoms with Crippen molar-refractivity contribution in [3.8, 4) is 11.5 Å². The van der Waals surface area contributed by atoms with E-state index in [1.54, 1.807) is 0 Å². The zero-order valence-electron chi connectivity index (χ0n) is 11.9. The number of hydrogen-bond acceptors (Lipinski definition) is 4. The Hall–Kier alpha value is -2.40. The minimum Gasteiger partial charge on any atom is -0.486 e. The first kappa shape index (κ1) is 13.3. The molecule has 0 radical (unpaired) electrons. The number of benzene rings is 2. The molecule has 0 saturated heterocycles. The van der Waals surface area contributed by atoms with Crippen LogP contribution in [0.3, 0.4) is 0 Å². The number of aromatic amines is 1. The molecule has 0 atom stereocenters. The number of nitrogens with one attached hydrogen (secondary N) is 2. The Morgan fingerprint density at radius 1 is 1.18 bits per heavy atom. The molecular weight excluding hydrogens is 302 g/mol. The van der Waals surface area contributed by atoms with Crippen molar-refractivity contribution in [3.63, 3.8) is 0 Å². The third-order valence-corrected chi connectivity index (χ3v) is 4.08. The maximum Gasteiger partial charge on any atom is 0.205 e. The van der Waals surface area contributed by atoms with Gasteiger partial charge in [-0.1, -0.05) is 17.7 Å². The van der Waals surface area contributed by atoms with Gasteiger partial charge < -0.3 is 19.8 Å². The van der Waals surface area contributed by atoms with Crippen molar-refractivity contribution >= 4 is 34.3 Å². The number of rotatable bonds is 2. The van der Waals surface area contributed by atoms with E-state index >= 15 is 0 Å². The van der Waals surface area contributed by atoms with E-state index in [4.69, 9.17) is 21.1 Å². The lowest BCUT2D eigenvalue weighted by Crippen LogP contribution is -2.15. The average molecular weight is 316 g/mol. The van der Waals surface area contributed by atoms with Crippen molar-refractivity contribution in [1.82, 2.24) is 9.97 Å². The number of fused-ring (bicyclic) bond motifs is 2. The topological polar surface area (TPSA) is 59.2 Å². The summed E-state index contributed by atoms with van der Waals surface area (Å²) in [5.74, 6) is 2.13. The van der Waals surface area contributed by atoms with Crippen molar-refractivity contribution in [3.05, 3.63) is 40.9 Å². The summed E-state index contributed by atoms with van der Waals surface area (Å²) in [4.78, 5) is 7.78. The molecule has 6 heteroatoms. The zero-order valence-corrected chi connectivity index (χ0v) is 12.7. The lowest BCUT2D eigenvalue weighted by atomic mass is 10.2. The summed E-state index contributed by atoms with van der Waals surface area (Å²) in [6, 6.07) is 9.53. The van der Waals surface area contributed by atoms with Crippen LogP contribution in [0, 0.1) is 6.92 Å². The van der Waals surface area contributed by atoms with Crippen molar-refractivity contribution in [2.45, 2.75) is 6.92 Å². The van der Waals surface area contributed by atoms with Gasteiger partial charge in [0.2, 0.25) is 5.95 Å². The molecule has 0 fully saturated rings. The molecule has 0 spiro atoms. The fraction of sp³-hybridized carbons (Fsp3) is 0.188. The first-order chi connectivity index (χ1) is 10.7. The third-order valence-electron chi connectivity index (χ3n) is 3.67. The number of aromatic nitrogens is 2. The molecule has 0 amide bonds. The predicted molar refractivity (Wildman–Crippen MR) is 86.6 cm³/mol. The van der Waals surface area contributed by atoms with Crippen LogP contribution in [-0.2, 0) is 0 Å². The molecule has 22 heavy (non-hydrogen) atoms. The highest BCUT2D eigenvalue weighted by molar-refractivity contribution is 6.31. The summed E-state index contributed by atoms with van der Waals surface area (Å²) in [7, 11) is 0. The second-order valence-corrected chi connectivity index (χ2v) is 5.54. The Labute approximate surface area is 132 Å². The molecule has 0 unspecified atom stereocenters. The molecule has 1 aliphatic heterocycles. The second kappa shape index (κ2) is 5.10. The standard InChI is InChI=1S/C16H14ClN3O2/c1-9-10(17)3-2-4-11(9)18-16-19-12-7-14-15(8-13(12)20-16)22-6-5-21-14/h2-4,7-8H,5-6H2,1H3,(H2,18,19,20). The summed E-state index contributed by atoms with van der Waals surface area (Å²) < 4.78 is 11.2. The first-order valence-electron chi connectivity index (χ1n) is 7.02. The molecule has 2 N–H and O–H groups in total. The number of H-pyrrole nitrogens is 1. The quantitative estimate of drug-likeness (QED) is 0.749. The zero-order chi connectivity index (χ0) is 15.1. The Morgan fingerprint density at radius 2 is 1.95 bits per heavy atom. The normalized spacial score (nSPS) is 13.4. The lowest BCUT2D eigenvalue weighted by Gasteiger charge is -2.17. The lowest BCUT2D eigenvalue weighted by molar-refractivity contribution is 0.172. The summed E-state index contributed by atoms with van der Waals surface area (Å²) >= 11 is 6.14. The highest BCUT2D eigenvalue weighted by Crippen LogP contribution is 2.34. The van der Waals surface area contributed by atoms with E-state index in [9.17, 15) is 0 Å². The van der Waals surface area contributed by atoms with Gasteiger partial charge in [0.25, 0.3) is 0 Å². The van der Waals surface area contributed by atoms with Crippen LogP contribution in [0.15, 0.2) is 30.3 Å². The minimum absolute atomic E-state index is 0.565. The molecule has 0 aliphatic carbocycles. The third kappa shape index (κ3) is 2.23. The SMILES string of the molecule is Cc1c(Cl)cccc1Nc1nc2cc3c(cc2[nH]1)OCCO3. The highest BCUT2D eigenvalue weighted by Gasteiger charge is 2.15. The van der Waals surface area contributed by atoms with E-state index in [1.165, 1.54) is 0 Å². The monoisotopic (exact) mass is 315 g/mol. The van der Waals surface area contributed by atoms with Crippen molar-refractivity contribution in [2.24, 2.45) is 0 Å². The smallest absolute Gasteiger partial charge is 0.205 e. The highest BCUT2D eigenvalue weighted by atomic mass is 35.5. The molecule has 112 valence electrons. The minimum atomic E-state index is 0.565. The van der Waals surface area contributed by atoms with E-state index < -0.39 is 0 Å². The van der Waals surface area contributed by atoms with Crippen molar-refractivity contribution < 1.29 is 9.47 Å². The van der Waals surface area contributed by atoms with E-state index in [2.05, 4.69) is 15.3 Å². The first-order valence-corrected chi connectivity index (χ1v) is 7.40. The summed E-state index contributed by atoms with van der Waals surface area (Å²) in [6.45, 7) is 3.10. The van der Waals surface area contributed by atoms with Gasteiger partial charge in [0.15, 0.2) is 11.5 Å². The molecular formula is C16H14ClN3O2. The Morgan fingerprint density at radius 3 is 2.77 bits per heavy atom. The molecule has 0 bridgehead atoms. The van der Waals surface area contributed by atoms with Crippen LogP contribution >= 0.6 is 11.6 Å². The van der Waals surface area contributed by atoms with Crippen LogP contribution in [0.2, 0.25) is 5.02 Å². The molecule has 3 aromatic rings. The van der Waals surface area contributed by atoms with Crippen LogP contribution in [0.5, 0.6) is 11.5 Å². The van der Waals surface area contributed by atoms with Gasteiger partial charge in [-0.2, -0.15) is 0 Å². The molecule has 2 heterocycles. The molecule has 5 nitrogen and oxygen atoms in total. The van der Waals surface area contributed by atoms with Gasteiger partial charge in [-0.25, -0.2) is 4.98 Å². The van der Waals surface area contributed by atoms with Crippen molar-refractivity contribution in [2.75, 3.05) is 18.5 Å². The van der Waals surface area contributed by atoms with Crippen molar-refractivity contribution in [1.29, 1.82) is 0 Å². The van der Waals surface area contributed by atoms with Gasteiger partial charge in [-0.05, 0) is 24.6 Å². The van der Waals surface area contributed by atoms with Crippen LogP contribution in [-0.4, -0.2) is 23.2 Å². The molecule has 1 aliphatic rings. The predicted octanol–water partition coefficient (Wildman–Crippen LogP) is 4.04. The molecule has 2 aromatic carbocycles. The van der Waals surface area contributed by atoms with Gasteiger partial charge in [-0.3, -0.25) is 0 Å². The largest absolute Gasteiger partial charge is 0.486 e. The van der Waals surface area contributed by atoms with E-state index in [1.807, 2.05) is 37.3 Å². The number of anilines is 2. The molecule has 4 rings (SSSR count). The van der Waals surface area contributed by atoms with Gasteiger partial charge in [0.1, 0.15) is 13.2 Å². The van der Waals surface area contributed by atoms with E-state index in [0.29, 0.717) is 19.2 Å². The number of imidazole rings is 1. The fourth-order valence-electron chi connectivity index (χ4n) is 2.48. The Bertz CT molecular complexity index is 817. The van der Waals surface area contributed by atoms with Gasteiger partial charge in [0.05, 0.1) is 11.0 Å². The summed E-state index contributed by atoms with van der Waals surface area (Å²) in [5, 5.41) is 3.98. The summed E-state index contributed by atoms with van der Waals surface area (Å²) in [5.41, 5.74) is 3.62.